The van der Waals surface area contributed by atoms with E-state index in [1.165, 1.54) is 24.8 Å². The van der Waals surface area contributed by atoms with Crippen molar-refractivity contribution in [3.05, 3.63) is 35.1 Å². The fourth-order valence-electron chi connectivity index (χ4n) is 3.09. The maximum absolute atomic E-state index is 13.6. The first-order valence-corrected chi connectivity index (χ1v) is 7.13. The summed E-state index contributed by atoms with van der Waals surface area (Å²) >= 11 is 0. The molecule has 3 atom stereocenters. The highest BCUT2D eigenvalue weighted by Gasteiger charge is 2.33. The SMILES string of the molecule is CCCNC1CCC(c2ccc(C)c(F)c2)C1C. The zero-order valence-corrected chi connectivity index (χ0v) is 11.7. The fraction of sp³-hybridized carbons (Fsp3) is 0.625. The summed E-state index contributed by atoms with van der Waals surface area (Å²) in [5.41, 5.74) is 1.91. The van der Waals surface area contributed by atoms with E-state index in [0.29, 0.717) is 17.9 Å². The second-order valence-corrected chi connectivity index (χ2v) is 5.61. The van der Waals surface area contributed by atoms with Crippen molar-refractivity contribution in [3.8, 4) is 0 Å². The third-order valence-electron chi connectivity index (χ3n) is 4.34. The van der Waals surface area contributed by atoms with Gasteiger partial charge in [-0.25, -0.2) is 4.39 Å². The number of rotatable bonds is 4. The van der Waals surface area contributed by atoms with Gasteiger partial charge in [-0.3, -0.25) is 0 Å². The molecule has 0 heterocycles. The molecule has 1 aliphatic carbocycles. The zero-order valence-electron chi connectivity index (χ0n) is 11.7. The molecule has 1 aliphatic rings. The number of halogens is 1. The molecule has 1 nitrogen and oxygen atoms in total. The average Bonchev–Trinajstić information content (AvgIpc) is 2.72. The Balaban J connectivity index is 2.08. The Kier molecular flexibility index (Phi) is 4.39. The van der Waals surface area contributed by atoms with Gasteiger partial charge in [0, 0.05) is 6.04 Å². The van der Waals surface area contributed by atoms with Gasteiger partial charge in [-0.15, -0.1) is 0 Å². The highest BCUT2D eigenvalue weighted by Crippen LogP contribution is 2.39. The predicted octanol–water partition coefficient (Wildman–Crippen LogP) is 4.02. The topological polar surface area (TPSA) is 12.0 Å². The maximum Gasteiger partial charge on any atom is 0.126 e. The van der Waals surface area contributed by atoms with Gasteiger partial charge >= 0.3 is 0 Å². The van der Waals surface area contributed by atoms with Gasteiger partial charge in [-0.1, -0.05) is 26.0 Å². The molecule has 0 saturated heterocycles. The van der Waals surface area contributed by atoms with Gasteiger partial charge in [0.1, 0.15) is 5.82 Å². The molecule has 0 spiro atoms. The van der Waals surface area contributed by atoms with Crippen molar-refractivity contribution in [2.75, 3.05) is 6.54 Å². The molecule has 1 aromatic rings. The van der Waals surface area contributed by atoms with Gasteiger partial charge in [0.15, 0.2) is 0 Å². The normalized spacial score (nSPS) is 27.7. The van der Waals surface area contributed by atoms with E-state index in [0.717, 1.165) is 12.1 Å². The molecular weight excluding hydrogens is 225 g/mol. The Morgan fingerprint density at radius 3 is 2.78 bits per heavy atom. The third-order valence-corrected chi connectivity index (χ3v) is 4.34. The summed E-state index contributed by atoms with van der Waals surface area (Å²) in [6.07, 6.45) is 3.55. The van der Waals surface area contributed by atoms with Crippen LogP contribution in [0, 0.1) is 18.7 Å². The lowest BCUT2D eigenvalue weighted by Gasteiger charge is -2.22. The summed E-state index contributed by atoms with van der Waals surface area (Å²) in [4.78, 5) is 0. The first kappa shape index (κ1) is 13.5. The molecule has 1 fully saturated rings. The predicted molar refractivity (Wildman–Crippen MR) is 74.4 cm³/mol. The lowest BCUT2D eigenvalue weighted by molar-refractivity contribution is 0.404. The van der Waals surface area contributed by atoms with Gasteiger partial charge in [0.05, 0.1) is 0 Å². The Hall–Kier alpha value is -0.890. The molecule has 0 amide bonds. The maximum atomic E-state index is 13.6. The molecule has 3 unspecified atom stereocenters. The van der Waals surface area contributed by atoms with Crippen LogP contribution < -0.4 is 5.32 Å². The largest absolute Gasteiger partial charge is 0.314 e. The summed E-state index contributed by atoms with van der Waals surface area (Å²) in [5.74, 6) is 1.04. The molecule has 1 saturated carbocycles. The molecule has 0 bridgehead atoms. The van der Waals surface area contributed by atoms with E-state index in [2.05, 4.69) is 25.2 Å². The molecule has 18 heavy (non-hydrogen) atoms. The Bertz CT molecular complexity index is 402. The number of aryl methyl sites for hydroxylation is 1. The highest BCUT2D eigenvalue weighted by atomic mass is 19.1. The summed E-state index contributed by atoms with van der Waals surface area (Å²) in [6.45, 7) is 7.40. The van der Waals surface area contributed by atoms with Crippen LogP contribution in [0.1, 0.15) is 50.2 Å². The molecule has 100 valence electrons. The van der Waals surface area contributed by atoms with Crippen LogP contribution in [0.15, 0.2) is 18.2 Å². The Morgan fingerprint density at radius 1 is 1.33 bits per heavy atom. The van der Waals surface area contributed by atoms with E-state index >= 15 is 0 Å². The standard InChI is InChI=1S/C16H24FN/c1-4-9-18-16-8-7-14(12(16)3)13-6-5-11(2)15(17)10-13/h5-6,10,12,14,16,18H,4,7-9H2,1-3H3. The smallest absolute Gasteiger partial charge is 0.126 e. The van der Waals surface area contributed by atoms with Gasteiger partial charge in [-0.05, 0) is 61.8 Å². The van der Waals surface area contributed by atoms with Crippen molar-refractivity contribution in [1.82, 2.24) is 5.32 Å². The summed E-state index contributed by atoms with van der Waals surface area (Å²) in [7, 11) is 0. The molecular formula is C16H24FN. The van der Waals surface area contributed by atoms with Gasteiger partial charge < -0.3 is 5.32 Å². The van der Waals surface area contributed by atoms with Crippen molar-refractivity contribution >= 4 is 0 Å². The molecule has 0 radical (unpaired) electrons. The molecule has 0 aliphatic heterocycles. The first-order valence-electron chi connectivity index (χ1n) is 7.13. The third kappa shape index (κ3) is 2.74. The van der Waals surface area contributed by atoms with Gasteiger partial charge in [-0.2, -0.15) is 0 Å². The second-order valence-electron chi connectivity index (χ2n) is 5.61. The number of hydrogen-bond acceptors (Lipinski definition) is 1. The lowest BCUT2D eigenvalue weighted by atomic mass is 9.88. The number of nitrogens with one attached hydrogen (secondary N) is 1. The van der Waals surface area contributed by atoms with Gasteiger partial charge in [0.25, 0.3) is 0 Å². The number of benzene rings is 1. The molecule has 1 aromatic carbocycles. The molecule has 2 rings (SSSR count). The van der Waals surface area contributed by atoms with Crippen molar-refractivity contribution in [3.63, 3.8) is 0 Å². The van der Waals surface area contributed by atoms with Crippen LogP contribution in [0.4, 0.5) is 4.39 Å². The van der Waals surface area contributed by atoms with Crippen LogP contribution in [-0.2, 0) is 0 Å². The van der Waals surface area contributed by atoms with Crippen molar-refractivity contribution < 1.29 is 4.39 Å². The first-order chi connectivity index (χ1) is 8.63. The van der Waals surface area contributed by atoms with Crippen molar-refractivity contribution in [2.24, 2.45) is 5.92 Å². The monoisotopic (exact) mass is 249 g/mol. The van der Waals surface area contributed by atoms with Crippen LogP contribution in [0.2, 0.25) is 0 Å². The summed E-state index contributed by atoms with van der Waals surface area (Å²) in [5, 5.41) is 3.61. The van der Waals surface area contributed by atoms with E-state index in [1.807, 2.05) is 13.0 Å². The summed E-state index contributed by atoms with van der Waals surface area (Å²) in [6, 6.07) is 6.34. The zero-order chi connectivity index (χ0) is 13.1. The quantitative estimate of drug-likeness (QED) is 0.850. The van der Waals surface area contributed by atoms with Crippen molar-refractivity contribution in [1.29, 1.82) is 0 Å². The van der Waals surface area contributed by atoms with E-state index in [9.17, 15) is 4.39 Å². The van der Waals surface area contributed by atoms with Gasteiger partial charge in [0.2, 0.25) is 0 Å². The summed E-state index contributed by atoms with van der Waals surface area (Å²) < 4.78 is 13.6. The second kappa shape index (κ2) is 5.83. The minimum absolute atomic E-state index is 0.0651. The molecule has 1 N–H and O–H groups in total. The van der Waals surface area contributed by atoms with Crippen LogP contribution in [-0.4, -0.2) is 12.6 Å². The van der Waals surface area contributed by atoms with Crippen LogP contribution in [0.3, 0.4) is 0 Å². The Morgan fingerprint density at radius 2 is 2.11 bits per heavy atom. The average molecular weight is 249 g/mol. The van der Waals surface area contributed by atoms with Crippen LogP contribution in [0.25, 0.3) is 0 Å². The molecule has 0 aromatic heterocycles. The van der Waals surface area contributed by atoms with Crippen molar-refractivity contribution in [2.45, 2.75) is 52.0 Å². The van der Waals surface area contributed by atoms with E-state index < -0.39 is 0 Å². The molecule has 2 heteroatoms. The van der Waals surface area contributed by atoms with E-state index in [1.54, 1.807) is 6.07 Å². The van der Waals surface area contributed by atoms with E-state index in [4.69, 9.17) is 0 Å². The fourth-order valence-corrected chi connectivity index (χ4v) is 3.09. The minimum Gasteiger partial charge on any atom is -0.314 e. The highest BCUT2D eigenvalue weighted by molar-refractivity contribution is 5.27. The number of hydrogen-bond donors (Lipinski definition) is 1. The van der Waals surface area contributed by atoms with Crippen LogP contribution in [0.5, 0.6) is 0 Å². The van der Waals surface area contributed by atoms with E-state index in [-0.39, 0.29) is 5.82 Å². The lowest BCUT2D eigenvalue weighted by Crippen LogP contribution is -2.32. The Labute approximate surface area is 110 Å². The minimum atomic E-state index is -0.0651. The van der Waals surface area contributed by atoms with Crippen LogP contribution >= 0.6 is 0 Å².